The molecule has 2 aliphatic heterocycles. The van der Waals surface area contributed by atoms with Crippen molar-refractivity contribution in [2.24, 2.45) is 5.92 Å². The van der Waals surface area contributed by atoms with Crippen molar-refractivity contribution in [1.29, 1.82) is 0 Å². The molecule has 3 atom stereocenters. The fourth-order valence-electron chi connectivity index (χ4n) is 1.88. The predicted octanol–water partition coefficient (Wildman–Crippen LogP) is 0.383. The maximum Gasteiger partial charge on any atom is 0.0744 e. The van der Waals surface area contributed by atoms with Crippen molar-refractivity contribution in [3.8, 4) is 0 Å². The van der Waals surface area contributed by atoms with Gasteiger partial charge in [-0.25, -0.2) is 0 Å². The molecule has 0 amide bonds. The first-order chi connectivity index (χ1) is 4.36. The van der Waals surface area contributed by atoms with Crippen molar-refractivity contribution >= 4 is 0 Å². The van der Waals surface area contributed by atoms with Crippen molar-refractivity contribution in [2.45, 2.75) is 25.6 Å². The van der Waals surface area contributed by atoms with Gasteiger partial charge in [-0.2, -0.15) is 0 Å². The molecule has 0 bridgehead atoms. The molecule has 2 aliphatic rings. The molecule has 1 N–H and O–H groups in total. The summed E-state index contributed by atoms with van der Waals surface area (Å²) in [6.45, 7) is 4.42. The van der Waals surface area contributed by atoms with Crippen LogP contribution in [-0.4, -0.2) is 25.3 Å². The smallest absolute Gasteiger partial charge is 0.0744 e. The van der Waals surface area contributed by atoms with Gasteiger partial charge in [0.1, 0.15) is 0 Å². The third kappa shape index (κ3) is 0.864. The molecule has 0 spiro atoms. The van der Waals surface area contributed by atoms with Gasteiger partial charge in [0.15, 0.2) is 0 Å². The summed E-state index contributed by atoms with van der Waals surface area (Å²) in [6, 6.07) is 0. The lowest BCUT2D eigenvalue weighted by atomic mass is 10.0. The van der Waals surface area contributed by atoms with Crippen LogP contribution in [0.3, 0.4) is 0 Å². The van der Waals surface area contributed by atoms with Gasteiger partial charge in [-0.1, -0.05) is 0 Å². The molecule has 3 unspecified atom stereocenters. The molecule has 2 fully saturated rings. The highest BCUT2D eigenvalue weighted by molar-refractivity contribution is 4.88. The summed E-state index contributed by atoms with van der Waals surface area (Å²) in [5.41, 5.74) is 0. The third-order valence-electron chi connectivity index (χ3n) is 2.32. The van der Waals surface area contributed by atoms with Crippen LogP contribution in [-0.2, 0) is 4.74 Å². The maximum atomic E-state index is 5.62. The summed E-state index contributed by atoms with van der Waals surface area (Å²) in [7, 11) is 0. The van der Waals surface area contributed by atoms with E-state index < -0.39 is 0 Å². The monoisotopic (exact) mass is 127 g/mol. The van der Waals surface area contributed by atoms with E-state index in [1.54, 1.807) is 0 Å². The minimum Gasteiger partial charge on any atom is -0.374 e. The Morgan fingerprint density at radius 2 is 2.33 bits per heavy atom. The number of hydrogen-bond acceptors (Lipinski definition) is 2. The molecular weight excluding hydrogens is 114 g/mol. The van der Waals surface area contributed by atoms with Gasteiger partial charge in [0.25, 0.3) is 0 Å². The topological polar surface area (TPSA) is 21.3 Å². The van der Waals surface area contributed by atoms with Crippen LogP contribution in [0.5, 0.6) is 0 Å². The molecule has 0 aromatic heterocycles. The standard InChI is InChI=1S/C7H13NO/c1-5-2-6-3-8-4-7(6)9-5/h5-8H,2-4H2,1H3. The SMILES string of the molecule is CC1CC2CNCC2O1. The van der Waals surface area contributed by atoms with Crippen LogP contribution in [0.25, 0.3) is 0 Å². The van der Waals surface area contributed by atoms with E-state index in [0.717, 1.165) is 12.5 Å². The number of rotatable bonds is 0. The van der Waals surface area contributed by atoms with Crippen molar-refractivity contribution in [1.82, 2.24) is 5.32 Å². The molecule has 2 heteroatoms. The van der Waals surface area contributed by atoms with E-state index in [1.807, 2.05) is 0 Å². The molecule has 2 heterocycles. The first-order valence-electron chi connectivity index (χ1n) is 3.72. The average Bonchev–Trinajstić information content (AvgIpc) is 2.22. The van der Waals surface area contributed by atoms with Crippen LogP contribution in [0.1, 0.15) is 13.3 Å². The molecule has 0 saturated carbocycles. The molecular formula is C7H13NO. The zero-order valence-corrected chi connectivity index (χ0v) is 5.76. The fourth-order valence-corrected chi connectivity index (χ4v) is 1.88. The van der Waals surface area contributed by atoms with Gasteiger partial charge in [-0.3, -0.25) is 0 Å². The quantitative estimate of drug-likeness (QED) is 0.508. The third-order valence-corrected chi connectivity index (χ3v) is 2.32. The van der Waals surface area contributed by atoms with Crippen molar-refractivity contribution < 1.29 is 4.74 Å². The summed E-state index contributed by atoms with van der Waals surface area (Å²) in [4.78, 5) is 0. The minimum atomic E-state index is 0.516. The predicted molar refractivity (Wildman–Crippen MR) is 35.3 cm³/mol. The zero-order chi connectivity index (χ0) is 6.27. The molecule has 0 aliphatic carbocycles. The van der Waals surface area contributed by atoms with Crippen LogP contribution in [0.4, 0.5) is 0 Å². The van der Waals surface area contributed by atoms with E-state index in [0.29, 0.717) is 12.2 Å². The van der Waals surface area contributed by atoms with Gasteiger partial charge < -0.3 is 10.1 Å². The fraction of sp³-hybridized carbons (Fsp3) is 1.00. The van der Waals surface area contributed by atoms with Crippen LogP contribution >= 0.6 is 0 Å². The second kappa shape index (κ2) is 1.96. The molecule has 52 valence electrons. The second-order valence-corrected chi connectivity index (χ2v) is 3.14. The highest BCUT2D eigenvalue weighted by Crippen LogP contribution is 2.28. The zero-order valence-electron chi connectivity index (χ0n) is 5.76. The second-order valence-electron chi connectivity index (χ2n) is 3.14. The Hall–Kier alpha value is -0.0800. The number of hydrogen-bond donors (Lipinski definition) is 1. The van der Waals surface area contributed by atoms with Gasteiger partial charge in [0.05, 0.1) is 12.2 Å². The van der Waals surface area contributed by atoms with Gasteiger partial charge in [-0.05, 0) is 13.3 Å². The van der Waals surface area contributed by atoms with Crippen molar-refractivity contribution in [3.63, 3.8) is 0 Å². The molecule has 0 radical (unpaired) electrons. The Balaban J connectivity index is 2.02. The largest absolute Gasteiger partial charge is 0.374 e. The maximum absolute atomic E-state index is 5.62. The Morgan fingerprint density at radius 1 is 1.44 bits per heavy atom. The molecule has 2 rings (SSSR count). The van der Waals surface area contributed by atoms with Crippen molar-refractivity contribution in [3.05, 3.63) is 0 Å². The lowest BCUT2D eigenvalue weighted by molar-refractivity contribution is 0.0586. The van der Waals surface area contributed by atoms with Gasteiger partial charge in [0, 0.05) is 19.0 Å². The van der Waals surface area contributed by atoms with Crippen LogP contribution in [0.15, 0.2) is 0 Å². The van der Waals surface area contributed by atoms with Crippen molar-refractivity contribution in [2.75, 3.05) is 13.1 Å². The van der Waals surface area contributed by atoms with E-state index in [1.165, 1.54) is 13.0 Å². The molecule has 0 aromatic rings. The Bertz CT molecular complexity index is 103. The number of nitrogens with one attached hydrogen (secondary N) is 1. The van der Waals surface area contributed by atoms with Gasteiger partial charge in [0.2, 0.25) is 0 Å². The summed E-state index contributed by atoms with van der Waals surface area (Å²) >= 11 is 0. The van der Waals surface area contributed by atoms with Gasteiger partial charge >= 0.3 is 0 Å². The summed E-state index contributed by atoms with van der Waals surface area (Å²) in [5, 5.41) is 3.32. The normalized spacial score (nSPS) is 49.7. The molecule has 9 heavy (non-hydrogen) atoms. The lowest BCUT2D eigenvalue weighted by Crippen LogP contribution is -2.17. The summed E-state index contributed by atoms with van der Waals surface area (Å²) < 4.78 is 5.62. The minimum absolute atomic E-state index is 0.516. The Kier molecular flexibility index (Phi) is 1.24. The van der Waals surface area contributed by atoms with E-state index in [4.69, 9.17) is 4.74 Å². The highest BCUT2D eigenvalue weighted by Gasteiger charge is 2.35. The van der Waals surface area contributed by atoms with E-state index in [-0.39, 0.29) is 0 Å². The molecule has 2 nitrogen and oxygen atoms in total. The van der Waals surface area contributed by atoms with Crippen LogP contribution in [0, 0.1) is 5.92 Å². The first kappa shape index (κ1) is 5.69. The Labute approximate surface area is 55.6 Å². The lowest BCUT2D eigenvalue weighted by Gasteiger charge is -2.05. The molecule has 2 saturated heterocycles. The number of fused-ring (bicyclic) bond motifs is 1. The summed E-state index contributed by atoms with van der Waals surface area (Å²) in [6.07, 6.45) is 2.32. The van der Waals surface area contributed by atoms with E-state index >= 15 is 0 Å². The highest BCUT2D eigenvalue weighted by atomic mass is 16.5. The average molecular weight is 127 g/mol. The van der Waals surface area contributed by atoms with Crippen LogP contribution < -0.4 is 5.32 Å². The Morgan fingerprint density at radius 3 is 3.11 bits per heavy atom. The van der Waals surface area contributed by atoms with E-state index in [9.17, 15) is 0 Å². The van der Waals surface area contributed by atoms with Gasteiger partial charge in [-0.15, -0.1) is 0 Å². The molecule has 0 aromatic carbocycles. The number of ether oxygens (including phenoxy) is 1. The van der Waals surface area contributed by atoms with Crippen LogP contribution in [0.2, 0.25) is 0 Å². The summed E-state index contributed by atoms with van der Waals surface area (Å²) in [5.74, 6) is 0.819. The van der Waals surface area contributed by atoms with E-state index in [2.05, 4.69) is 12.2 Å². The first-order valence-corrected chi connectivity index (χ1v) is 3.72.